The number of hydrogen-bond acceptors (Lipinski definition) is 9. The minimum atomic E-state index is -0.482. The maximum absolute atomic E-state index is 12.4. The maximum atomic E-state index is 12.4. The molecule has 3 atom stereocenters. The lowest BCUT2D eigenvalue weighted by Gasteiger charge is -2.31. The number of phenolic OH excluding ortho intramolecular Hbond substituents is 2. The van der Waals surface area contributed by atoms with Gasteiger partial charge in [0.25, 0.3) is 0 Å². The molecule has 2 aromatic carbocycles. The van der Waals surface area contributed by atoms with Crippen LogP contribution in [0.5, 0.6) is 28.7 Å². The summed E-state index contributed by atoms with van der Waals surface area (Å²) in [5, 5.41) is 20.0. The number of benzene rings is 2. The van der Waals surface area contributed by atoms with Crippen LogP contribution in [0.2, 0.25) is 0 Å². The molecule has 3 rings (SSSR count). The summed E-state index contributed by atoms with van der Waals surface area (Å²) in [6, 6.07) is 8.46. The molecule has 35 heavy (non-hydrogen) atoms. The molecule has 0 aromatic heterocycles. The highest BCUT2D eigenvalue weighted by Gasteiger charge is 2.32. The number of rotatable bonds is 10. The number of hydrogen-bond donors (Lipinski definition) is 2. The van der Waals surface area contributed by atoms with E-state index in [1.807, 2.05) is 0 Å². The molecule has 2 N–H and O–H groups in total. The first-order valence-corrected chi connectivity index (χ1v) is 11.4. The van der Waals surface area contributed by atoms with Gasteiger partial charge in [0, 0.05) is 13.3 Å². The number of carbonyl (C=O) groups is 2. The van der Waals surface area contributed by atoms with Crippen molar-refractivity contribution in [2.75, 3.05) is 21.3 Å². The smallest absolute Gasteiger partial charge is 0.306 e. The minimum absolute atomic E-state index is 0.0311. The third-order valence-electron chi connectivity index (χ3n) is 6.09. The summed E-state index contributed by atoms with van der Waals surface area (Å²) < 4.78 is 26.8. The molecule has 0 aliphatic carbocycles. The zero-order chi connectivity index (χ0) is 25.5. The van der Waals surface area contributed by atoms with Gasteiger partial charge in [-0.25, -0.2) is 0 Å². The minimum Gasteiger partial charge on any atom is -0.504 e. The van der Waals surface area contributed by atoms with Crippen molar-refractivity contribution in [2.24, 2.45) is 0 Å². The third-order valence-corrected chi connectivity index (χ3v) is 6.09. The Balaban J connectivity index is 1.72. The lowest BCUT2D eigenvalue weighted by molar-refractivity contribution is -0.159. The van der Waals surface area contributed by atoms with Gasteiger partial charge in [-0.3, -0.25) is 9.59 Å². The second-order valence-corrected chi connectivity index (χ2v) is 8.53. The molecule has 190 valence electrons. The van der Waals surface area contributed by atoms with Crippen molar-refractivity contribution in [3.8, 4) is 28.7 Å². The molecule has 0 unspecified atom stereocenters. The highest BCUT2D eigenvalue weighted by atomic mass is 16.6. The number of esters is 2. The Hall–Kier alpha value is -3.62. The SMILES string of the molecule is COc1cc([C@@H]2CC(=O)O[C@H](C[C@H](CCc3cc(OC)c(O)c(OC)c3)OC(C)=O)C2)ccc1O. The van der Waals surface area contributed by atoms with Crippen LogP contribution in [0, 0.1) is 0 Å². The molecular formula is C26H32O9. The van der Waals surface area contributed by atoms with Crippen LogP contribution in [0.1, 0.15) is 49.7 Å². The number of aryl methyl sites for hydroxylation is 1. The van der Waals surface area contributed by atoms with Crippen LogP contribution in [0.25, 0.3) is 0 Å². The van der Waals surface area contributed by atoms with Crippen LogP contribution in [-0.2, 0) is 25.5 Å². The van der Waals surface area contributed by atoms with Gasteiger partial charge < -0.3 is 33.9 Å². The van der Waals surface area contributed by atoms with Gasteiger partial charge in [-0.1, -0.05) is 6.07 Å². The van der Waals surface area contributed by atoms with Crippen molar-refractivity contribution in [1.82, 2.24) is 0 Å². The van der Waals surface area contributed by atoms with E-state index in [2.05, 4.69) is 0 Å². The number of methoxy groups -OCH3 is 3. The van der Waals surface area contributed by atoms with Crippen LogP contribution in [0.15, 0.2) is 30.3 Å². The van der Waals surface area contributed by atoms with Crippen molar-refractivity contribution < 1.29 is 43.5 Å². The molecule has 1 aliphatic heterocycles. The number of phenols is 2. The van der Waals surface area contributed by atoms with Gasteiger partial charge >= 0.3 is 11.9 Å². The van der Waals surface area contributed by atoms with Gasteiger partial charge in [-0.15, -0.1) is 0 Å². The van der Waals surface area contributed by atoms with Gasteiger partial charge in [0.05, 0.1) is 27.8 Å². The van der Waals surface area contributed by atoms with Crippen LogP contribution < -0.4 is 14.2 Å². The number of carbonyl (C=O) groups excluding carboxylic acids is 2. The number of aromatic hydroxyl groups is 2. The molecule has 0 radical (unpaired) electrons. The molecular weight excluding hydrogens is 456 g/mol. The van der Waals surface area contributed by atoms with Gasteiger partial charge in [0.2, 0.25) is 5.75 Å². The molecule has 0 saturated carbocycles. The fourth-order valence-electron chi connectivity index (χ4n) is 4.40. The van der Waals surface area contributed by atoms with E-state index >= 15 is 0 Å². The zero-order valence-corrected chi connectivity index (χ0v) is 20.4. The Morgan fingerprint density at radius 3 is 2.31 bits per heavy atom. The molecule has 9 heteroatoms. The lowest BCUT2D eigenvalue weighted by atomic mass is 9.86. The number of ether oxygens (including phenoxy) is 5. The topological polar surface area (TPSA) is 121 Å². The van der Waals surface area contributed by atoms with E-state index in [1.54, 1.807) is 30.3 Å². The first-order chi connectivity index (χ1) is 16.7. The van der Waals surface area contributed by atoms with E-state index in [-0.39, 0.29) is 41.3 Å². The zero-order valence-electron chi connectivity index (χ0n) is 20.4. The van der Waals surface area contributed by atoms with Crippen molar-refractivity contribution in [1.29, 1.82) is 0 Å². The van der Waals surface area contributed by atoms with E-state index in [9.17, 15) is 19.8 Å². The van der Waals surface area contributed by atoms with E-state index in [0.717, 1.165) is 11.1 Å². The Labute approximate surface area is 204 Å². The molecule has 9 nitrogen and oxygen atoms in total. The van der Waals surface area contributed by atoms with E-state index in [1.165, 1.54) is 28.3 Å². The van der Waals surface area contributed by atoms with Crippen LogP contribution in [0.3, 0.4) is 0 Å². The lowest BCUT2D eigenvalue weighted by Crippen LogP contribution is -2.33. The monoisotopic (exact) mass is 488 g/mol. The largest absolute Gasteiger partial charge is 0.504 e. The quantitative estimate of drug-likeness (QED) is 0.480. The van der Waals surface area contributed by atoms with Crippen LogP contribution in [-0.4, -0.2) is 55.7 Å². The maximum Gasteiger partial charge on any atom is 0.306 e. The molecule has 1 aliphatic rings. The molecule has 1 fully saturated rings. The summed E-state index contributed by atoms with van der Waals surface area (Å²) in [6.07, 6.45) is 1.20. The van der Waals surface area contributed by atoms with E-state index < -0.39 is 18.2 Å². The van der Waals surface area contributed by atoms with Gasteiger partial charge in [0.1, 0.15) is 12.2 Å². The van der Waals surface area contributed by atoms with Crippen molar-refractivity contribution in [2.45, 2.75) is 57.2 Å². The molecule has 0 amide bonds. The fraction of sp³-hybridized carbons (Fsp3) is 0.462. The highest BCUT2D eigenvalue weighted by Crippen LogP contribution is 2.39. The van der Waals surface area contributed by atoms with Gasteiger partial charge in [-0.2, -0.15) is 0 Å². The van der Waals surface area contributed by atoms with Crippen molar-refractivity contribution in [3.05, 3.63) is 41.5 Å². The first-order valence-electron chi connectivity index (χ1n) is 11.4. The van der Waals surface area contributed by atoms with E-state index in [4.69, 9.17) is 23.7 Å². The van der Waals surface area contributed by atoms with Gasteiger partial charge in [-0.05, 0) is 60.6 Å². The van der Waals surface area contributed by atoms with Crippen molar-refractivity contribution >= 4 is 11.9 Å². The summed E-state index contributed by atoms with van der Waals surface area (Å²) in [5.74, 6) is 0.0130. The highest BCUT2D eigenvalue weighted by molar-refractivity contribution is 5.72. The third kappa shape index (κ3) is 6.71. The van der Waals surface area contributed by atoms with E-state index in [0.29, 0.717) is 31.4 Å². The van der Waals surface area contributed by atoms with Gasteiger partial charge in [0.15, 0.2) is 23.0 Å². The van der Waals surface area contributed by atoms with Crippen LogP contribution >= 0.6 is 0 Å². The van der Waals surface area contributed by atoms with Crippen LogP contribution in [0.4, 0.5) is 0 Å². The predicted octanol–water partition coefficient (Wildman–Crippen LogP) is 3.87. The predicted molar refractivity (Wildman–Crippen MR) is 126 cm³/mol. The standard InChI is InChI=1S/C26H32O9/c1-15(27)34-19(7-5-16-9-23(32-3)26(30)24(10-16)33-4)14-20-11-18(13-25(29)35-20)17-6-8-21(28)22(12-17)31-2/h6,8-10,12,18-20,28,30H,5,7,11,13-14H2,1-4H3/t18-,19-,20-/m0/s1. The summed E-state index contributed by atoms with van der Waals surface area (Å²) in [6.45, 7) is 1.35. The second kappa shape index (κ2) is 11.7. The summed E-state index contributed by atoms with van der Waals surface area (Å²) in [5.41, 5.74) is 1.71. The first kappa shape index (κ1) is 26.0. The molecule has 0 spiro atoms. The Kier molecular flexibility index (Phi) is 8.68. The fourth-order valence-corrected chi connectivity index (χ4v) is 4.40. The molecule has 1 heterocycles. The Morgan fingerprint density at radius 1 is 1.06 bits per heavy atom. The Bertz CT molecular complexity index is 1020. The summed E-state index contributed by atoms with van der Waals surface area (Å²) in [7, 11) is 4.38. The number of cyclic esters (lactones) is 1. The summed E-state index contributed by atoms with van der Waals surface area (Å²) >= 11 is 0. The second-order valence-electron chi connectivity index (χ2n) is 8.53. The average Bonchev–Trinajstić information content (AvgIpc) is 2.82. The Morgan fingerprint density at radius 2 is 1.71 bits per heavy atom. The average molecular weight is 489 g/mol. The van der Waals surface area contributed by atoms with Crippen molar-refractivity contribution in [3.63, 3.8) is 0 Å². The molecule has 0 bridgehead atoms. The normalized spacial score (nSPS) is 18.3. The molecule has 1 saturated heterocycles. The summed E-state index contributed by atoms with van der Waals surface area (Å²) in [4.78, 5) is 24.1. The molecule has 2 aromatic rings.